The highest BCUT2D eigenvalue weighted by atomic mass is 32.2. The molecule has 2 aromatic heterocycles. The van der Waals surface area contributed by atoms with Crippen molar-refractivity contribution in [3.05, 3.63) is 36.7 Å². The number of fused-ring (bicyclic) bond motifs is 2. The molecular formula is C15H15N9S. The number of anilines is 3. The third-order valence-corrected chi connectivity index (χ3v) is 5.35. The summed E-state index contributed by atoms with van der Waals surface area (Å²) in [7, 11) is 0. The molecule has 2 aliphatic rings. The number of nitrogens with zero attached hydrogens (tertiary/aromatic N) is 8. The summed E-state index contributed by atoms with van der Waals surface area (Å²) in [6, 6.07) is 10.5. The van der Waals surface area contributed by atoms with Crippen LogP contribution >= 0.6 is 11.8 Å². The lowest BCUT2D eigenvalue weighted by Crippen LogP contribution is -2.47. The van der Waals surface area contributed by atoms with E-state index >= 15 is 0 Å². The lowest BCUT2D eigenvalue weighted by atomic mass is 10.2. The van der Waals surface area contributed by atoms with Crippen LogP contribution in [0.4, 0.5) is 17.3 Å². The van der Waals surface area contributed by atoms with Crippen molar-refractivity contribution < 1.29 is 0 Å². The van der Waals surface area contributed by atoms with Crippen molar-refractivity contribution in [3.63, 3.8) is 0 Å². The molecule has 5 rings (SSSR count). The molecule has 126 valence electrons. The van der Waals surface area contributed by atoms with Crippen molar-refractivity contribution in [1.29, 1.82) is 0 Å². The second-order valence-electron chi connectivity index (χ2n) is 5.77. The molecule has 0 radical (unpaired) electrons. The van der Waals surface area contributed by atoms with Gasteiger partial charge in [0.25, 0.3) is 0 Å². The number of hydrogen-bond donors (Lipinski definition) is 1. The summed E-state index contributed by atoms with van der Waals surface area (Å²) < 4.78 is 0. The number of hydrogen-bond acceptors (Lipinski definition) is 9. The van der Waals surface area contributed by atoms with E-state index < -0.39 is 0 Å². The molecule has 2 aliphatic heterocycles. The minimum Gasteiger partial charge on any atom is -0.368 e. The van der Waals surface area contributed by atoms with Gasteiger partial charge in [0.1, 0.15) is 17.0 Å². The van der Waals surface area contributed by atoms with Crippen molar-refractivity contribution in [2.24, 2.45) is 0 Å². The van der Waals surface area contributed by atoms with Gasteiger partial charge in [0.2, 0.25) is 5.16 Å². The van der Waals surface area contributed by atoms with E-state index in [-0.39, 0.29) is 0 Å². The van der Waals surface area contributed by atoms with Gasteiger partial charge in [-0.1, -0.05) is 23.3 Å². The number of rotatable bonds is 2. The fourth-order valence-electron chi connectivity index (χ4n) is 3.08. The lowest BCUT2D eigenvalue weighted by Gasteiger charge is -2.37. The number of piperazine rings is 1. The minimum absolute atomic E-state index is 0.687. The molecule has 25 heavy (non-hydrogen) atoms. The van der Waals surface area contributed by atoms with Gasteiger partial charge in [0, 0.05) is 31.9 Å². The Morgan fingerprint density at radius 1 is 0.960 bits per heavy atom. The molecule has 9 nitrogen and oxygen atoms in total. The van der Waals surface area contributed by atoms with E-state index in [9.17, 15) is 0 Å². The Morgan fingerprint density at radius 3 is 2.60 bits per heavy atom. The van der Waals surface area contributed by atoms with Gasteiger partial charge in [-0.15, -0.1) is 4.79 Å². The van der Waals surface area contributed by atoms with Crippen LogP contribution < -0.4 is 15.2 Å². The SMILES string of the molecule is c1ccc(N2CCN(c3ncnc4c3Sc3nnnn3N4)CC2)cc1. The Kier molecular flexibility index (Phi) is 3.40. The van der Waals surface area contributed by atoms with E-state index in [2.05, 4.69) is 65.0 Å². The van der Waals surface area contributed by atoms with Crippen LogP contribution in [0.1, 0.15) is 0 Å². The summed E-state index contributed by atoms with van der Waals surface area (Å²) in [6.07, 6.45) is 1.58. The van der Waals surface area contributed by atoms with Crippen LogP contribution in [0.2, 0.25) is 0 Å². The number of para-hydroxylation sites is 1. The number of aromatic nitrogens is 6. The molecule has 10 heteroatoms. The topological polar surface area (TPSA) is 87.9 Å². The maximum absolute atomic E-state index is 4.53. The summed E-state index contributed by atoms with van der Waals surface area (Å²) in [5.41, 5.74) is 4.37. The summed E-state index contributed by atoms with van der Waals surface area (Å²) in [5.74, 6) is 1.67. The molecule has 0 amide bonds. The first kappa shape index (κ1) is 14.5. The molecule has 1 fully saturated rings. The summed E-state index contributed by atoms with van der Waals surface area (Å²) in [4.78, 5) is 16.0. The first-order chi connectivity index (χ1) is 12.4. The molecule has 1 saturated heterocycles. The quantitative estimate of drug-likeness (QED) is 0.569. The highest BCUT2D eigenvalue weighted by molar-refractivity contribution is 7.99. The zero-order valence-electron chi connectivity index (χ0n) is 13.3. The molecule has 4 heterocycles. The monoisotopic (exact) mass is 353 g/mol. The molecule has 0 spiro atoms. The highest BCUT2D eigenvalue weighted by Crippen LogP contribution is 2.40. The Balaban J connectivity index is 1.37. The zero-order valence-corrected chi connectivity index (χ0v) is 14.1. The summed E-state index contributed by atoms with van der Waals surface area (Å²) >= 11 is 1.49. The number of tetrazole rings is 1. The van der Waals surface area contributed by atoms with E-state index in [0.717, 1.165) is 42.7 Å². The molecule has 0 unspecified atom stereocenters. The first-order valence-electron chi connectivity index (χ1n) is 8.02. The molecule has 0 bridgehead atoms. The summed E-state index contributed by atoms with van der Waals surface area (Å²) in [5, 5.41) is 12.3. The fraction of sp³-hybridized carbons (Fsp3) is 0.267. The highest BCUT2D eigenvalue weighted by Gasteiger charge is 2.27. The van der Waals surface area contributed by atoms with Crippen molar-refractivity contribution in [3.8, 4) is 0 Å². The van der Waals surface area contributed by atoms with Crippen LogP contribution in [0.15, 0.2) is 46.7 Å². The molecule has 3 aromatic rings. The second kappa shape index (κ2) is 5.88. The van der Waals surface area contributed by atoms with E-state index in [1.165, 1.54) is 22.2 Å². The Labute approximate surface area is 148 Å². The minimum atomic E-state index is 0.687. The third-order valence-electron chi connectivity index (χ3n) is 4.33. The lowest BCUT2D eigenvalue weighted by molar-refractivity contribution is 0.637. The van der Waals surface area contributed by atoms with E-state index in [1.54, 1.807) is 6.33 Å². The number of nitrogens with one attached hydrogen (secondary N) is 1. The van der Waals surface area contributed by atoms with Crippen molar-refractivity contribution in [1.82, 2.24) is 30.3 Å². The Hall–Kier alpha value is -2.88. The van der Waals surface area contributed by atoms with Gasteiger partial charge in [-0.05, 0) is 34.3 Å². The second-order valence-corrected chi connectivity index (χ2v) is 6.75. The molecule has 1 N–H and O–H groups in total. The third kappa shape index (κ3) is 2.54. The maximum Gasteiger partial charge on any atom is 0.236 e. The van der Waals surface area contributed by atoms with Crippen LogP contribution in [0.25, 0.3) is 0 Å². The van der Waals surface area contributed by atoms with Crippen molar-refractivity contribution in [2.75, 3.05) is 41.4 Å². The van der Waals surface area contributed by atoms with E-state index in [1.807, 2.05) is 6.07 Å². The van der Waals surface area contributed by atoms with Gasteiger partial charge >= 0.3 is 0 Å². The van der Waals surface area contributed by atoms with E-state index in [4.69, 9.17) is 0 Å². The summed E-state index contributed by atoms with van der Waals surface area (Å²) in [6.45, 7) is 3.73. The first-order valence-corrected chi connectivity index (χ1v) is 8.83. The smallest absolute Gasteiger partial charge is 0.236 e. The predicted octanol–water partition coefficient (Wildman–Crippen LogP) is 1.13. The molecule has 0 aliphatic carbocycles. The van der Waals surface area contributed by atoms with Crippen LogP contribution in [0.5, 0.6) is 0 Å². The van der Waals surface area contributed by atoms with Gasteiger partial charge in [-0.2, -0.15) is 0 Å². The number of benzene rings is 1. The van der Waals surface area contributed by atoms with Crippen molar-refractivity contribution in [2.45, 2.75) is 10.1 Å². The van der Waals surface area contributed by atoms with Gasteiger partial charge in [-0.3, -0.25) is 5.43 Å². The van der Waals surface area contributed by atoms with Gasteiger partial charge in [0.15, 0.2) is 5.82 Å². The van der Waals surface area contributed by atoms with Gasteiger partial charge in [-0.25, -0.2) is 9.97 Å². The van der Waals surface area contributed by atoms with Gasteiger partial charge in [0.05, 0.1) is 0 Å². The van der Waals surface area contributed by atoms with Crippen molar-refractivity contribution >= 4 is 29.1 Å². The molecule has 1 aromatic carbocycles. The predicted molar refractivity (Wildman–Crippen MR) is 93.9 cm³/mol. The normalized spacial score (nSPS) is 16.2. The maximum atomic E-state index is 4.53. The Bertz CT molecular complexity index is 889. The van der Waals surface area contributed by atoms with Crippen LogP contribution in [0, 0.1) is 0 Å². The van der Waals surface area contributed by atoms with E-state index in [0.29, 0.717) is 5.16 Å². The Morgan fingerprint density at radius 2 is 1.76 bits per heavy atom. The fourth-order valence-corrected chi connectivity index (χ4v) is 3.98. The average molecular weight is 353 g/mol. The van der Waals surface area contributed by atoms with Gasteiger partial charge < -0.3 is 9.80 Å². The molecular weight excluding hydrogens is 338 g/mol. The standard InChI is InChI=1S/C15H15N9S/c1-2-4-11(5-3-1)22-6-8-23(9-7-22)14-12-13(16-10-17-14)19-24-15(25-12)18-20-21-24/h1-5,10H,6-9H2,(H,16,17,19). The molecule has 0 saturated carbocycles. The average Bonchev–Trinajstić information content (AvgIpc) is 3.14. The van der Waals surface area contributed by atoms with Crippen LogP contribution in [-0.4, -0.2) is 56.5 Å². The zero-order chi connectivity index (χ0) is 16.6. The van der Waals surface area contributed by atoms with Crippen LogP contribution in [-0.2, 0) is 0 Å². The molecule has 0 atom stereocenters. The van der Waals surface area contributed by atoms with Crippen LogP contribution in [0.3, 0.4) is 0 Å². The largest absolute Gasteiger partial charge is 0.368 e.